The van der Waals surface area contributed by atoms with Crippen LogP contribution in [0.4, 0.5) is 0 Å². The van der Waals surface area contributed by atoms with Crippen LogP contribution in [0.15, 0.2) is 51.7 Å². The molecule has 2 aromatic carbocycles. The first-order chi connectivity index (χ1) is 13.5. The lowest BCUT2D eigenvalue weighted by Gasteiger charge is -2.25. The molecule has 1 unspecified atom stereocenters. The molecule has 1 aromatic heterocycles. The van der Waals surface area contributed by atoms with Gasteiger partial charge in [-0.05, 0) is 43.0 Å². The minimum Gasteiger partial charge on any atom is -0.450 e. The van der Waals surface area contributed by atoms with Crippen LogP contribution < -0.4 is 5.43 Å². The summed E-state index contributed by atoms with van der Waals surface area (Å²) in [6, 6.07) is 13.2. The molecule has 1 aliphatic heterocycles. The molecule has 4 heteroatoms. The van der Waals surface area contributed by atoms with Gasteiger partial charge in [0.05, 0.1) is 17.0 Å². The molecule has 0 N–H and O–H groups in total. The average molecular weight is 375 g/mol. The van der Waals surface area contributed by atoms with Crippen molar-refractivity contribution in [1.82, 2.24) is 4.90 Å². The molecule has 144 valence electrons. The van der Waals surface area contributed by atoms with Crippen LogP contribution in [-0.2, 0) is 0 Å². The van der Waals surface area contributed by atoms with Crippen molar-refractivity contribution in [3.8, 4) is 0 Å². The summed E-state index contributed by atoms with van der Waals surface area (Å²) in [6.07, 6.45) is 3.03. The Morgan fingerprint density at radius 2 is 1.79 bits per heavy atom. The van der Waals surface area contributed by atoms with E-state index in [0.717, 1.165) is 36.0 Å². The highest BCUT2D eigenvalue weighted by molar-refractivity contribution is 5.99. The minimum absolute atomic E-state index is 0.0942. The van der Waals surface area contributed by atoms with Gasteiger partial charge in [0, 0.05) is 6.54 Å². The molecule has 28 heavy (non-hydrogen) atoms. The molecule has 0 fully saturated rings. The second kappa shape index (κ2) is 7.27. The summed E-state index contributed by atoms with van der Waals surface area (Å²) < 4.78 is 6.08. The summed E-state index contributed by atoms with van der Waals surface area (Å²) in [4.78, 5) is 28.5. The third kappa shape index (κ3) is 2.93. The van der Waals surface area contributed by atoms with Crippen LogP contribution in [0.2, 0.25) is 0 Å². The van der Waals surface area contributed by atoms with Crippen molar-refractivity contribution in [2.45, 2.75) is 46.1 Å². The largest absolute Gasteiger partial charge is 0.450 e. The van der Waals surface area contributed by atoms with Gasteiger partial charge in [-0.1, -0.05) is 56.2 Å². The fourth-order valence-electron chi connectivity index (χ4n) is 4.22. The fraction of sp³-hybridized carbons (Fsp3) is 0.333. The zero-order valence-electron chi connectivity index (χ0n) is 16.6. The number of nitrogens with zero attached hydrogens (tertiary/aromatic N) is 1. The molecule has 2 heterocycles. The number of hydrogen-bond donors (Lipinski definition) is 0. The summed E-state index contributed by atoms with van der Waals surface area (Å²) in [6.45, 7) is 6.64. The lowest BCUT2D eigenvalue weighted by atomic mass is 9.97. The van der Waals surface area contributed by atoms with Gasteiger partial charge in [0.25, 0.3) is 5.91 Å². The van der Waals surface area contributed by atoms with Crippen LogP contribution in [0.1, 0.15) is 65.0 Å². The van der Waals surface area contributed by atoms with E-state index in [2.05, 4.69) is 6.92 Å². The van der Waals surface area contributed by atoms with E-state index in [1.165, 1.54) is 0 Å². The van der Waals surface area contributed by atoms with Crippen molar-refractivity contribution in [3.05, 3.63) is 80.7 Å². The highest BCUT2D eigenvalue weighted by Crippen LogP contribution is 2.38. The van der Waals surface area contributed by atoms with Crippen molar-refractivity contribution in [2.24, 2.45) is 0 Å². The maximum atomic E-state index is 13.5. The Bertz CT molecular complexity index is 1100. The van der Waals surface area contributed by atoms with Gasteiger partial charge < -0.3 is 9.32 Å². The van der Waals surface area contributed by atoms with Crippen molar-refractivity contribution in [1.29, 1.82) is 0 Å². The van der Waals surface area contributed by atoms with E-state index in [4.69, 9.17) is 4.42 Å². The summed E-state index contributed by atoms with van der Waals surface area (Å²) >= 11 is 0. The van der Waals surface area contributed by atoms with Crippen LogP contribution in [0.25, 0.3) is 11.0 Å². The van der Waals surface area contributed by atoms with Crippen LogP contribution in [0.3, 0.4) is 0 Å². The highest BCUT2D eigenvalue weighted by atomic mass is 16.3. The van der Waals surface area contributed by atoms with Gasteiger partial charge in [-0.15, -0.1) is 0 Å². The molecule has 0 aliphatic carbocycles. The van der Waals surface area contributed by atoms with E-state index < -0.39 is 0 Å². The maximum absolute atomic E-state index is 13.5. The Hall–Kier alpha value is -2.88. The zero-order valence-corrected chi connectivity index (χ0v) is 16.6. The highest BCUT2D eigenvalue weighted by Gasteiger charge is 2.42. The van der Waals surface area contributed by atoms with Gasteiger partial charge in [0.1, 0.15) is 5.58 Å². The number of amides is 1. The fourth-order valence-corrected chi connectivity index (χ4v) is 4.22. The number of rotatable bonds is 5. The van der Waals surface area contributed by atoms with Gasteiger partial charge in [0.2, 0.25) is 5.76 Å². The quantitative estimate of drug-likeness (QED) is 0.580. The first kappa shape index (κ1) is 18.5. The van der Waals surface area contributed by atoms with Gasteiger partial charge >= 0.3 is 0 Å². The zero-order chi connectivity index (χ0) is 19.8. The van der Waals surface area contributed by atoms with E-state index in [-0.39, 0.29) is 23.1 Å². The lowest BCUT2D eigenvalue weighted by molar-refractivity contribution is 0.0724. The molecular weight excluding hydrogens is 350 g/mol. The molecule has 1 atom stereocenters. The smallest absolute Gasteiger partial charge is 0.290 e. The normalized spacial score (nSPS) is 16.0. The first-order valence-electron chi connectivity index (χ1n) is 9.96. The van der Waals surface area contributed by atoms with Crippen molar-refractivity contribution < 1.29 is 9.21 Å². The predicted octanol–water partition coefficient (Wildman–Crippen LogP) is 5.15. The van der Waals surface area contributed by atoms with E-state index in [9.17, 15) is 9.59 Å². The first-order valence-corrected chi connectivity index (χ1v) is 9.96. The molecule has 3 aromatic rings. The van der Waals surface area contributed by atoms with Crippen LogP contribution in [0, 0.1) is 13.8 Å². The average Bonchev–Trinajstić information content (AvgIpc) is 2.96. The molecule has 0 radical (unpaired) electrons. The number of benzene rings is 2. The second-order valence-corrected chi connectivity index (χ2v) is 7.65. The van der Waals surface area contributed by atoms with Gasteiger partial charge in [-0.3, -0.25) is 9.59 Å². The van der Waals surface area contributed by atoms with E-state index in [0.29, 0.717) is 23.1 Å². The Balaban J connectivity index is 1.95. The van der Waals surface area contributed by atoms with Gasteiger partial charge in [0.15, 0.2) is 5.43 Å². The SMILES string of the molecule is CCCCCN1C(=O)c2oc3c(C)cc(C)cc3c(=O)c2C1c1ccccc1. The van der Waals surface area contributed by atoms with Crippen molar-refractivity contribution in [3.63, 3.8) is 0 Å². The van der Waals surface area contributed by atoms with E-state index >= 15 is 0 Å². The third-order valence-electron chi connectivity index (χ3n) is 5.52. The Morgan fingerprint density at radius 1 is 1.04 bits per heavy atom. The molecular formula is C24H25NO3. The number of fused-ring (bicyclic) bond motifs is 2. The number of carbonyl (C=O) groups excluding carboxylic acids is 1. The summed E-state index contributed by atoms with van der Waals surface area (Å²) in [5.41, 5.74) is 3.74. The Morgan fingerprint density at radius 3 is 2.50 bits per heavy atom. The minimum atomic E-state index is -0.387. The summed E-state index contributed by atoms with van der Waals surface area (Å²) in [7, 11) is 0. The van der Waals surface area contributed by atoms with Gasteiger partial charge in [-0.25, -0.2) is 0 Å². The monoisotopic (exact) mass is 375 g/mol. The van der Waals surface area contributed by atoms with Gasteiger partial charge in [-0.2, -0.15) is 0 Å². The number of carbonyl (C=O) groups is 1. The van der Waals surface area contributed by atoms with Crippen molar-refractivity contribution >= 4 is 16.9 Å². The van der Waals surface area contributed by atoms with E-state index in [1.807, 2.05) is 61.2 Å². The third-order valence-corrected chi connectivity index (χ3v) is 5.52. The molecule has 0 saturated heterocycles. The Labute approximate surface area is 164 Å². The molecule has 1 amide bonds. The Kier molecular flexibility index (Phi) is 4.80. The predicted molar refractivity (Wildman–Crippen MR) is 111 cm³/mol. The molecule has 0 spiro atoms. The van der Waals surface area contributed by atoms with Crippen LogP contribution >= 0.6 is 0 Å². The molecule has 4 rings (SSSR count). The lowest BCUT2D eigenvalue weighted by Crippen LogP contribution is -2.30. The maximum Gasteiger partial charge on any atom is 0.290 e. The molecule has 4 nitrogen and oxygen atoms in total. The summed E-state index contributed by atoms with van der Waals surface area (Å²) in [5, 5.41) is 0.556. The molecule has 0 bridgehead atoms. The van der Waals surface area contributed by atoms with Crippen LogP contribution in [-0.4, -0.2) is 17.4 Å². The number of hydrogen-bond acceptors (Lipinski definition) is 3. The topological polar surface area (TPSA) is 50.5 Å². The number of aryl methyl sites for hydroxylation is 2. The van der Waals surface area contributed by atoms with Crippen molar-refractivity contribution in [2.75, 3.05) is 6.54 Å². The standard InChI is InChI=1S/C24H25NO3/c1-4-5-9-12-25-20(17-10-7-6-8-11-17)19-21(26)18-14-15(2)13-16(3)22(18)28-23(19)24(25)27/h6-8,10-11,13-14,20H,4-5,9,12H2,1-3H3. The number of unbranched alkanes of at least 4 members (excludes halogenated alkanes) is 2. The summed E-state index contributed by atoms with van der Waals surface area (Å²) in [5.74, 6) is 0.0220. The molecule has 0 saturated carbocycles. The van der Waals surface area contributed by atoms with E-state index in [1.54, 1.807) is 0 Å². The molecule has 1 aliphatic rings. The van der Waals surface area contributed by atoms with Crippen LogP contribution in [0.5, 0.6) is 0 Å². The second-order valence-electron chi connectivity index (χ2n) is 7.65.